The number of halogens is 1. The molecular formula is C13H18FN3. The fourth-order valence-electron chi connectivity index (χ4n) is 1.67. The van der Waals surface area contributed by atoms with Gasteiger partial charge in [-0.15, -0.1) is 0 Å². The normalized spacial score (nSPS) is 11.5. The van der Waals surface area contributed by atoms with Gasteiger partial charge in [0.25, 0.3) is 0 Å². The summed E-state index contributed by atoms with van der Waals surface area (Å²) in [6, 6.07) is 2.08. The Hall–Kier alpha value is -1.71. The van der Waals surface area contributed by atoms with Gasteiger partial charge >= 0.3 is 0 Å². The molecule has 1 N–H and O–H groups in total. The van der Waals surface area contributed by atoms with Crippen LogP contribution in [0.2, 0.25) is 0 Å². The summed E-state index contributed by atoms with van der Waals surface area (Å²) in [5.41, 5.74) is 2.42. The number of aromatic nitrogens is 3. The molecule has 1 unspecified atom stereocenters. The highest BCUT2D eigenvalue weighted by atomic mass is 19.1. The van der Waals surface area contributed by atoms with Crippen LogP contribution in [0.1, 0.15) is 31.7 Å². The second-order valence-electron chi connectivity index (χ2n) is 3.71. The maximum absolute atomic E-state index is 9.50. The second kappa shape index (κ2) is 6.78. The highest BCUT2D eigenvalue weighted by Gasteiger charge is 2.11. The Morgan fingerprint density at radius 3 is 2.71 bits per heavy atom. The van der Waals surface area contributed by atoms with E-state index < -0.39 is 0 Å². The van der Waals surface area contributed by atoms with Gasteiger partial charge in [0.2, 0.25) is 0 Å². The molecule has 4 heteroatoms. The minimum Gasteiger partial charge on any atom is -0.345 e. The summed E-state index contributed by atoms with van der Waals surface area (Å²) < 4.78 is 9.50. The first-order valence-electron chi connectivity index (χ1n) is 5.64. The van der Waals surface area contributed by atoms with Crippen molar-refractivity contribution >= 4 is 0 Å². The van der Waals surface area contributed by atoms with Gasteiger partial charge in [0.15, 0.2) is 0 Å². The van der Waals surface area contributed by atoms with E-state index in [-0.39, 0.29) is 0 Å². The molecule has 0 aliphatic carbocycles. The number of nitrogens with one attached hydrogen (secondary N) is 1. The smallest absolute Gasteiger partial charge is 0.139 e. The Kier molecular flexibility index (Phi) is 5.33. The molecular weight excluding hydrogens is 217 g/mol. The van der Waals surface area contributed by atoms with Crippen LogP contribution in [0.25, 0.3) is 11.4 Å². The van der Waals surface area contributed by atoms with E-state index in [2.05, 4.69) is 34.9 Å². The first-order valence-corrected chi connectivity index (χ1v) is 5.64. The number of hydrogen-bond donors (Lipinski definition) is 1. The lowest BCUT2D eigenvalue weighted by Crippen LogP contribution is -1.96. The molecule has 17 heavy (non-hydrogen) atoms. The number of alkyl halides is 1. The van der Waals surface area contributed by atoms with Crippen molar-refractivity contribution in [1.29, 1.82) is 0 Å². The van der Waals surface area contributed by atoms with Crippen LogP contribution in [0.5, 0.6) is 0 Å². The molecule has 0 saturated carbocycles. The van der Waals surface area contributed by atoms with Crippen LogP contribution in [0.15, 0.2) is 30.9 Å². The van der Waals surface area contributed by atoms with Gasteiger partial charge < -0.3 is 4.98 Å². The zero-order valence-corrected chi connectivity index (χ0v) is 10.4. The first-order chi connectivity index (χ1) is 8.33. The maximum atomic E-state index is 9.50. The predicted octanol–water partition coefficient (Wildman–Crippen LogP) is 3.57. The predicted molar refractivity (Wildman–Crippen MR) is 67.6 cm³/mol. The lowest BCUT2D eigenvalue weighted by Gasteiger charge is -2.12. The fourth-order valence-corrected chi connectivity index (χ4v) is 1.67. The number of rotatable bonds is 3. The van der Waals surface area contributed by atoms with Crippen molar-refractivity contribution in [3.8, 4) is 11.4 Å². The van der Waals surface area contributed by atoms with E-state index in [0.29, 0.717) is 13.1 Å². The third-order valence-corrected chi connectivity index (χ3v) is 2.75. The zero-order valence-electron chi connectivity index (χ0n) is 10.4. The van der Waals surface area contributed by atoms with E-state index >= 15 is 0 Å². The van der Waals surface area contributed by atoms with E-state index in [1.54, 1.807) is 6.20 Å². The van der Waals surface area contributed by atoms with Crippen molar-refractivity contribution in [1.82, 2.24) is 15.0 Å². The quantitative estimate of drug-likeness (QED) is 0.883. The fraction of sp³-hybridized carbons (Fsp3) is 0.385. The summed E-state index contributed by atoms with van der Waals surface area (Å²) in [6.45, 7) is 4.42. The van der Waals surface area contributed by atoms with E-state index in [0.717, 1.165) is 17.8 Å². The van der Waals surface area contributed by atoms with Gasteiger partial charge in [-0.1, -0.05) is 13.8 Å². The molecule has 0 saturated heterocycles. The van der Waals surface area contributed by atoms with Crippen LogP contribution >= 0.6 is 0 Å². The standard InChI is InChI=1S/C12H15N3.CH3F/c1-3-9(2)10-4-5-13-8-11(10)12-14-6-7-15-12;1-2/h4-9H,3H2,1-2H3,(H,14,15);1H3. The van der Waals surface area contributed by atoms with Crippen molar-refractivity contribution in [3.05, 3.63) is 36.4 Å². The zero-order chi connectivity index (χ0) is 12.7. The molecule has 2 aromatic heterocycles. The van der Waals surface area contributed by atoms with Crippen molar-refractivity contribution in [2.45, 2.75) is 26.2 Å². The first kappa shape index (κ1) is 13.4. The summed E-state index contributed by atoms with van der Waals surface area (Å²) in [4.78, 5) is 11.5. The lowest BCUT2D eigenvalue weighted by atomic mass is 9.95. The van der Waals surface area contributed by atoms with Crippen molar-refractivity contribution in [2.24, 2.45) is 0 Å². The Morgan fingerprint density at radius 1 is 1.35 bits per heavy atom. The molecule has 0 aromatic carbocycles. The van der Waals surface area contributed by atoms with Crippen LogP contribution in [-0.2, 0) is 0 Å². The monoisotopic (exact) mass is 235 g/mol. The summed E-state index contributed by atoms with van der Waals surface area (Å²) >= 11 is 0. The number of hydrogen-bond acceptors (Lipinski definition) is 2. The van der Waals surface area contributed by atoms with E-state index in [1.165, 1.54) is 5.56 Å². The SMILES string of the molecule is CCC(C)c1ccncc1-c1ncc[nH]1.CF. The van der Waals surface area contributed by atoms with Crippen LogP contribution in [0, 0.1) is 0 Å². The highest BCUT2D eigenvalue weighted by molar-refractivity contribution is 5.59. The summed E-state index contributed by atoms with van der Waals surface area (Å²) in [6.07, 6.45) is 8.44. The molecule has 2 heterocycles. The molecule has 0 fully saturated rings. The molecule has 0 aliphatic rings. The Morgan fingerprint density at radius 2 is 2.12 bits per heavy atom. The van der Waals surface area contributed by atoms with Crippen LogP contribution in [-0.4, -0.2) is 22.1 Å². The van der Waals surface area contributed by atoms with E-state index in [9.17, 15) is 4.39 Å². The number of aromatic amines is 1. The summed E-state index contributed by atoms with van der Waals surface area (Å²) in [7, 11) is 0.500. The second-order valence-corrected chi connectivity index (χ2v) is 3.71. The molecule has 0 spiro atoms. The molecule has 2 aromatic rings. The number of nitrogens with zero attached hydrogens (tertiary/aromatic N) is 2. The molecule has 0 bridgehead atoms. The number of pyridine rings is 1. The van der Waals surface area contributed by atoms with Gasteiger partial charge in [-0.2, -0.15) is 0 Å². The van der Waals surface area contributed by atoms with Gasteiger partial charge in [0, 0.05) is 30.4 Å². The van der Waals surface area contributed by atoms with Crippen molar-refractivity contribution in [3.63, 3.8) is 0 Å². The minimum atomic E-state index is 0.500. The largest absolute Gasteiger partial charge is 0.345 e. The maximum Gasteiger partial charge on any atom is 0.139 e. The van der Waals surface area contributed by atoms with Crippen LogP contribution in [0.3, 0.4) is 0 Å². The van der Waals surface area contributed by atoms with Gasteiger partial charge in [0.05, 0.1) is 7.18 Å². The number of H-pyrrole nitrogens is 1. The van der Waals surface area contributed by atoms with Crippen molar-refractivity contribution < 1.29 is 4.39 Å². The third kappa shape index (κ3) is 3.12. The average Bonchev–Trinajstić information content (AvgIpc) is 2.94. The van der Waals surface area contributed by atoms with Crippen molar-refractivity contribution in [2.75, 3.05) is 7.18 Å². The average molecular weight is 235 g/mol. The summed E-state index contributed by atoms with van der Waals surface area (Å²) in [5.74, 6) is 1.44. The Balaban J connectivity index is 0.000000686. The van der Waals surface area contributed by atoms with E-state index in [1.807, 2.05) is 18.6 Å². The van der Waals surface area contributed by atoms with Gasteiger partial charge in [-0.05, 0) is 24.0 Å². The minimum absolute atomic E-state index is 0.500. The topological polar surface area (TPSA) is 41.6 Å². The van der Waals surface area contributed by atoms with E-state index in [4.69, 9.17) is 0 Å². The Labute approximate surface area is 101 Å². The Bertz CT molecular complexity index is 426. The molecule has 2 rings (SSSR count). The lowest BCUT2D eigenvalue weighted by molar-refractivity contribution is 0.636. The van der Waals surface area contributed by atoms with Gasteiger partial charge in [-0.25, -0.2) is 4.98 Å². The molecule has 0 amide bonds. The highest BCUT2D eigenvalue weighted by Crippen LogP contribution is 2.27. The van der Waals surface area contributed by atoms with Gasteiger partial charge in [-0.3, -0.25) is 9.37 Å². The molecule has 3 nitrogen and oxygen atoms in total. The summed E-state index contributed by atoms with van der Waals surface area (Å²) in [5, 5.41) is 0. The van der Waals surface area contributed by atoms with Gasteiger partial charge in [0.1, 0.15) is 5.82 Å². The third-order valence-electron chi connectivity index (χ3n) is 2.75. The molecule has 1 atom stereocenters. The van der Waals surface area contributed by atoms with Crippen LogP contribution < -0.4 is 0 Å². The number of imidazole rings is 1. The molecule has 0 radical (unpaired) electrons. The molecule has 92 valence electrons. The van der Waals surface area contributed by atoms with Crippen LogP contribution in [0.4, 0.5) is 4.39 Å². The molecule has 0 aliphatic heterocycles.